The molecule has 1 fully saturated rings. The highest BCUT2D eigenvalue weighted by atomic mass is 35.5. The maximum Gasteiger partial charge on any atom is 0.338 e. The van der Waals surface area contributed by atoms with Crippen LogP contribution >= 0.6 is 11.6 Å². The van der Waals surface area contributed by atoms with Crippen LogP contribution < -0.4 is 5.32 Å². The summed E-state index contributed by atoms with van der Waals surface area (Å²) in [6.07, 6.45) is 1.43. The molecule has 3 aromatic rings. The third kappa shape index (κ3) is 5.46. The zero-order valence-electron chi connectivity index (χ0n) is 19.2. The minimum absolute atomic E-state index is 0.0393. The molecule has 0 atom stereocenters. The number of hydrogen-bond donors (Lipinski definition) is 1. The van der Waals surface area contributed by atoms with E-state index in [0.29, 0.717) is 59.5 Å². The van der Waals surface area contributed by atoms with E-state index in [1.807, 2.05) is 25.1 Å². The molecule has 0 bridgehead atoms. The predicted molar refractivity (Wildman–Crippen MR) is 129 cm³/mol. The number of carbonyl (C=O) groups excluding carboxylic acids is 2. The molecule has 2 heterocycles. The van der Waals surface area contributed by atoms with Gasteiger partial charge in [-0.2, -0.15) is 4.98 Å². The van der Waals surface area contributed by atoms with Crippen molar-refractivity contribution in [2.45, 2.75) is 33.2 Å². The van der Waals surface area contributed by atoms with Crippen LogP contribution in [0.2, 0.25) is 5.02 Å². The second-order valence-electron chi connectivity index (χ2n) is 8.23. The molecule has 0 saturated carbocycles. The van der Waals surface area contributed by atoms with Crippen LogP contribution in [0.25, 0.3) is 11.4 Å². The Labute approximate surface area is 203 Å². The summed E-state index contributed by atoms with van der Waals surface area (Å²) in [5.74, 6) is 0.452. The van der Waals surface area contributed by atoms with Gasteiger partial charge >= 0.3 is 5.97 Å². The van der Waals surface area contributed by atoms with Crippen LogP contribution in [-0.2, 0) is 16.1 Å². The van der Waals surface area contributed by atoms with Gasteiger partial charge < -0.3 is 14.6 Å². The number of piperidine rings is 1. The smallest absolute Gasteiger partial charge is 0.338 e. The number of anilines is 1. The number of hydrogen-bond acceptors (Lipinski definition) is 7. The SMILES string of the molecule is CCOC(=O)c1cccc(NC(=O)C2CCN(Cc3nc(-c4ccccc4Cl)no3)CC2)c1C. The average Bonchev–Trinajstić information content (AvgIpc) is 3.29. The molecule has 2 aromatic carbocycles. The van der Waals surface area contributed by atoms with E-state index in [1.54, 1.807) is 31.2 Å². The van der Waals surface area contributed by atoms with E-state index < -0.39 is 0 Å². The van der Waals surface area contributed by atoms with E-state index in [0.717, 1.165) is 18.7 Å². The standard InChI is InChI=1S/C25H27ClN4O4/c1-3-33-25(32)18-8-6-10-21(16(18)2)27-24(31)17-11-13-30(14-12-17)15-22-28-23(29-34-22)19-7-4-5-9-20(19)26/h4-10,17H,3,11-15H2,1-2H3,(H,27,31). The summed E-state index contributed by atoms with van der Waals surface area (Å²) in [5.41, 5.74) is 2.54. The summed E-state index contributed by atoms with van der Waals surface area (Å²) >= 11 is 6.22. The van der Waals surface area contributed by atoms with Crippen LogP contribution in [0, 0.1) is 12.8 Å². The van der Waals surface area contributed by atoms with Crippen LogP contribution in [0.3, 0.4) is 0 Å². The summed E-state index contributed by atoms with van der Waals surface area (Å²) in [7, 11) is 0. The number of ether oxygens (including phenoxy) is 1. The number of nitrogens with zero attached hydrogens (tertiary/aromatic N) is 3. The molecule has 1 aliphatic heterocycles. The zero-order chi connectivity index (χ0) is 24.1. The Morgan fingerprint density at radius 3 is 2.68 bits per heavy atom. The fourth-order valence-corrected chi connectivity index (χ4v) is 4.27. The van der Waals surface area contributed by atoms with Crippen LogP contribution in [-0.4, -0.2) is 46.6 Å². The van der Waals surface area contributed by atoms with E-state index in [1.165, 1.54) is 0 Å². The summed E-state index contributed by atoms with van der Waals surface area (Å²) in [6.45, 7) is 5.88. The molecule has 1 aromatic heterocycles. The molecule has 0 radical (unpaired) electrons. The van der Waals surface area contributed by atoms with E-state index in [2.05, 4.69) is 20.4 Å². The maximum absolute atomic E-state index is 12.9. The number of aromatic nitrogens is 2. The third-order valence-corrected chi connectivity index (χ3v) is 6.32. The lowest BCUT2D eigenvalue weighted by Gasteiger charge is -2.30. The monoisotopic (exact) mass is 482 g/mol. The molecule has 178 valence electrons. The number of likely N-dealkylation sites (tertiary alicyclic amines) is 1. The van der Waals surface area contributed by atoms with Crippen molar-refractivity contribution in [1.82, 2.24) is 15.0 Å². The molecule has 0 spiro atoms. The highest BCUT2D eigenvalue weighted by Crippen LogP contribution is 2.27. The number of halogens is 1. The maximum atomic E-state index is 12.9. The van der Waals surface area contributed by atoms with Crippen molar-refractivity contribution in [3.05, 3.63) is 64.5 Å². The van der Waals surface area contributed by atoms with Crippen LogP contribution in [0.5, 0.6) is 0 Å². The van der Waals surface area contributed by atoms with Gasteiger partial charge in [0.25, 0.3) is 0 Å². The topological polar surface area (TPSA) is 97.6 Å². The van der Waals surface area contributed by atoms with Gasteiger partial charge in [-0.25, -0.2) is 4.79 Å². The van der Waals surface area contributed by atoms with Gasteiger partial charge in [-0.1, -0.05) is 35.0 Å². The number of amides is 1. The Morgan fingerprint density at radius 2 is 1.94 bits per heavy atom. The van der Waals surface area contributed by atoms with Crippen LogP contribution in [0.4, 0.5) is 5.69 Å². The Bertz CT molecular complexity index is 1170. The van der Waals surface area contributed by atoms with Crippen molar-refractivity contribution in [3.8, 4) is 11.4 Å². The second kappa shape index (κ2) is 10.8. The van der Waals surface area contributed by atoms with E-state index in [-0.39, 0.29) is 17.8 Å². The molecule has 0 unspecified atom stereocenters. The molecule has 9 heteroatoms. The Morgan fingerprint density at radius 1 is 1.18 bits per heavy atom. The number of rotatable bonds is 7. The van der Waals surface area contributed by atoms with Crippen molar-refractivity contribution >= 4 is 29.2 Å². The third-order valence-electron chi connectivity index (χ3n) is 5.99. The molecule has 1 aliphatic rings. The Kier molecular flexibility index (Phi) is 7.59. The first-order valence-corrected chi connectivity index (χ1v) is 11.7. The van der Waals surface area contributed by atoms with E-state index in [4.69, 9.17) is 20.9 Å². The van der Waals surface area contributed by atoms with Crippen LogP contribution in [0.1, 0.15) is 41.6 Å². The van der Waals surface area contributed by atoms with Gasteiger partial charge in [-0.15, -0.1) is 0 Å². The first-order chi connectivity index (χ1) is 16.5. The number of nitrogens with one attached hydrogen (secondary N) is 1. The summed E-state index contributed by atoms with van der Waals surface area (Å²) < 4.78 is 10.5. The Hall–Kier alpha value is -3.23. The van der Waals surface area contributed by atoms with Crippen molar-refractivity contribution in [3.63, 3.8) is 0 Å². The number of carbonyl (C=O) groups is 2. The first kappa shape index (κ1) is 23.9. The van der Waals surface area contributed by atoms with Crippen LogP contribution in [0.15, 0.2) is 47.0 Å². The summed E-state index contributed by atoms with van der Waals surface area (Å²) in [5, 5.41) is 7.61. The molecule has 8 nitrogen and oxygen atoms in total. The molecule has 34 heavy (non-hydrogen) atoms. The first-order valence-electron chi connectivity index (χ1n) is 11.3. The van der Waals surface area contributed by atoms with Gasteiger partial charge in [0.2, 0.25) is 17.6 Å². The quantitative estimate of drug-likeness (QED) is 0.486. The average molecular weight is 483 g/mol. The van der Waals surface area contributed by atoms with Gasteiger partial charge in [0.05, 0.1) is 23.7 Å². The normalized spacial score (nSPS) is 14.7. The fraction of sp³-hybridized carbons (Fsp3) is 0.360. The molecular weight excluding hydrogens is 456 g/mol. The predicted octanol–water partition coefficient (Wildman–Crippen LogP) is 4.73. The number of esters is 1. The van der Waals surface area contributed by atoms with Crippen molar-refractivity contribution < 1.29 is 18.8 Å². The lowest BCUT2D eigenvalue weighted by molar-refractivity contribution is -0.121. The highest BCUT2D eigenvalue weighted by molar-refractivity contribution is 6.33. The minimum Gasteiger partial charge on any atom is -0.462 e. The molecular formula is C25H27ClN4O4. The van der Waals surface area contributed by atoms with E-state index in [9.17, 15) is 9.59 Å². The molecule has 1 amide bonds. The summed E-state index contributed by atoms with van der Waals surface area (Å²) in [6, 6.07) is 12.6. The van der Waals surface area contributed by atoms with E-state index >= 15 is 0 Å². The molecule has 4 rings (SSSR count). The van der Waals surface area contributed by atoms with Gasteiger partial charge in [0.15, 0.2) is 0 Å². The lowest BCUT2D eigenvalue weighted by Crippen LogP contribution is -2.38. The van der Waals surface area contributed by atoms with Gasteiger partial charge in [0, 0.05) is 17.2 Å². The highest BCUT2D eigenvalue weighted by Gasteiger charge is 2.27. The molecule has 1 saturated heterocycles. The zero-order valence-corrected chi connectivity index (χ0v) is 20.0. The van der Waals surface area contributed by atoms with Gasteiger partial charge in [-0.3, -0.25) is 9.69 Å². The largest absolute Gasteiger partial charge is 0.462 e. The van der Waals surface area contributed by atoms with Crippen molar-refractivity contribution in [1.29, 1.82) is 0 Å². The minimum atomic E-state index is -0.386. The fourth-order valence-electron chi connectivity index (χ4n) is 4.05. The summed E-state index contributed by atoms with van der Waals surface area (Å²) in [4.78, 5) is 31.7. The lowest BCUT2D eigenvalue weighted by atomic mass is 9.95. The number of benzene rings is 2. The second-order valence-corrected chi connectivity index (χ2v) is 8.64. The Balaban J connectivity index is 1.31. The van der Waals surface area contributed by atoms with Gasteiger partial charge in [-0.05, 0) is 69.6 Å². The molecule has 0 aliphatic carbocycles. The van der Waals surface area contributed by atoms with Gasteiger partial charge in [0.1, 0.15) is 0 Å². The van der Waals surface area contributed by atoms with Crippen molar-refractivity contribution in [2.75, 3.05) is 25.0 Å². The molecule has 1 N–H and O–H groups in total. The van der Waals surface area contributed by atoms with Crippen molar-refractivity contribution in [2.24, 2.45) is 5.92 Å².